The molecule has 0 aromatic heterocycles. The minimum absolute atomic E-state index is 0.168. The average Bonchev–Trinajstić information content (AvgIpc) is 2.25. The number of rotatable bonds is 2. The van der Waals surface area contributed by atoms with E-state index in [1.807, 2.05) is 0 Å². The van der Waals surface area contributed by atoms with Crippen molar-refractivity contribution in [2.75, 3.05) is 0 Å². The van der Waals surface area contributed by atoms with Gasteiger partial charge in [0.15, 0.2) is 6.29 Å². The predicted molar refractivity (Wildman–Crippen MR) is 50.1 cm³/mol. The first-order chi connectivity index (χ1) is 7.82. The Bertz CT molecular complexity index is 530. The van der Waals surface area contributed by atoms with Gasteiger partial charge in [-0.1, -0.05) is 6.07 Å². The highest BCUT2D eigenvalue weighted by Gasteiger charge is 2.36. The van der Waals surface area contributed by atoms with Crippen molar-refractivity contribution in [2.45, 2.75) is 6.18 Å². The lowest BCUT2D eigenvalue weighted by atomic mass is 9.96. The van der Waals surface area contributed by atoms with Crippen molar-refractivity contribution in [2.24, 2.45) is 5.73 Å². The Labute approximate surface area is 93.4 Å². The van der Waals surface area contributed by atoms with Gasteiger partial charge in [-0.25, -0.2) is 0 Å². The highest BCUT2D eigenvalue weighted by atomic mass is 19.4. The highest BCUT2D eigenvalue weighted by Crippen LogP contribution is 2.33. The zero-order valence-electron chi connectivity index (χ0n) is 8.21. The summed E-state index contributed by atoms with van der Waals surface area (Å²) in [5.41, 5.74) is 1.58. The summed E-state index contributed by atoms with van der Waals surface area (Å²) < 4.78 is 37.6. The number of nitrogens with two attached hydrogens (primary N) is 1. The van der Waals surface area contributed by atoms with Gasteiger partial charge in [0.05, 0.1) is 16.7 Å². The molecule has 7 heteroatoms. The van der Waals surface area contributed by atoms with Gasteiger partial charge in [0.2, 0.25) is 0 Å². The summed E-state index contributed by atoms with van der Waals surface area (Å²) in [4.78, 5) is 21.5. The van der Waals surface area contributed by atoms with E-state index in [4.69, 9.17) is 11.0 Å². The third kappa shape index (κ3) is 2.25. The molecule has 2 N–H and O–H groups in total. The van der Waals surface area contributed by atoms with E-state index in [9.17, 15) is 22.8 Å². The van der Waals surface area contributed by atoms with Crippen LogP contribution in [-0.2, 0) is 6.18 Å². The second-order valence-electron chi connectivity index (χ2n) is 3.04. The molecule has 0 fully saturated rings. The molecule has 17 heavy (non-hydrogen) atoms. The van der Waals surface area contributed by atoms with Gasteiger partial charge >= 0.3 is 6.18 Å². The number of benzene rings is 1. The SMILES string of the molecule is N#Cc1c(C(F)(F)F)ccc(C=O)c1C(N)=O. The Balaban J connectivity index is 3.72. The van der Waals surface area contributed by atoms with Crippen molar-refractivity contribution in [3.8, 4) is 6.07 Å². The number of nitrogens with zero attached hydrogens (tertiary/aromatic N) is 1. The Hall–Kier alpha value is -2.36. The van der Waals surface area contributed by atoms with E-state index in [1.165, 1.54) is 6.07 Å². The molecule has 0 heterocycles. The van der Waals surface area contributed by atoms with Crippen LogP contribution < -0.4 is 5.73 Å². The number of hydrogen-bond acceptors (Lipinski definition) is 3. The third-order valence-electron chi connectivity index (χ3n) is 2.03. The molecule has 0 spiro atoms. The third-order valence-corrected chi connectivity index (χ3v) is 2.03. The minimum atomic E-state index is -4.79. The Morgan fingerprint density at radius 3 is 2.35 bits per heavy atom. The predicted octanol–water partition coefficient (Wildman–Crippen LogP) is 1.49. The van der Waals surface area contributed by atoms with Crippen LogP contribution in [0.15, 0.2) is 12.1 Å². The summed E-state index contributed by atoms with van der Waals surface area (Å²) in [7, 11) is 0. The summed E-state index contributed by atoms with van der Waals surface area (Å²) in [6, 6.07) is 2.61. The number of amides is 1. The van der Waals surface area contributed by atoms with Crippen LogP contribution in [0.5, 0.6) is 0 Å². The number of alkyl halides is 3. The van der Waals surface area contributed by atoms with E-state index in [0.717, 1.165) is 6.07 Å². The lowest BCUT2D eigenvalue weighted by Gasteiger charge is -2.11. The Morgan fingerprint density at radius 2 is 2.00 bits per heavy atom. The summed E-state index contributed by atoms with van der Waals surface area (Å²) in [6.07, 6.45) is -4.63. The fourth-order valence-electron chi connectivity index (χ4n) is 1.33. The van der Waals surface area contributed by atoms with Gasteiger partial charge in [-0.15, -0.1) is 0 Å². The van der Waals surface area contributed by atoms with E-state index in [1.54, 1.807) is 0 Å². The van der Waals surface area contributed by atoms with E-state index < -0.39 is 28.8 Å². The molecule has 0 aliphatic rings. The molecule has 0 atom stereocenters. The summed E-state index contributed by atoms with van der Waals surface area (Å²) in [5.74, 6) is -1.25. The molecule has 1 aromatic carbocycles. The van der Waals surface area contributed by atoms with Crippen LogP contribution >= 0.6 is 0 Å². The number of primary amides is 1. The molecule has 0 saturated heterocycles. The lowest BCUT2D eigenvalue weighted by Crippen LogP contribution is -2.19. The maximum atomic E-state index is 12.5. The van der Waals surface area contributed by atoms with Gasteiger partial charge in [-0.3, -0.25) is 9.59 Å². The largest absolute Gasteiger partial charge is 0.417 e. The molecule has 0 unspecified atom stereocenters. The monoisotopic (exact) mass is 242 g/mol. The molecule has 0 bridgehead atoms. The number of nitriles is 1. The molecule has 88 valence electrons. The van der Waals surface area contributed by atoms with Crippen LogP contribution in [0.25, 0.3) is 0 Å². The normalized spacial score (nSPS) is 10.7. The van der Waals surface area contributed by atoms with Crippen LogP contribution in [0, 0.1) is 11.3 Å². The maximum Gasteiger partial charge on any atom is 0.417 e. The summed E-state index contributed by atoms with van der Waals surface area (Å²) in [6.45, 7) is 0. The van der Waals surface area contributed by atoms with Crippen molar-refractivity contribution in [3.05, 3.63) is 34.4 Å². The first kappa shape index (κ1) is 12.7. The zero-order valence-corrected chi connectivity index (χ0v) is 8.21. The fraction of sp³-hybridized carbons (Fsp3) is 0.100. The fourth-order valence-corrected chi connectivity index (χ4v) is 1.33. The van der Waals surface area contributed by atoms with Gasteiger partial charge in [0.1, 0.15) is 6.07 Å². The number of halogens is 3. The van der Waals surface area contributed by atoms with Crippen LogP contribution in [0.1, 0.15) is 31.8 Å². The number of aldehydes is 1. The van der Waals surface area contributed by atoms with Crippen molar-refractivity contribution in [3.63, 3.8) is 0 Å². The van der Waals surface area contributed by atoms with Gasteiger partial charge in [0, 0.05) is 5.56 Å². The topological polar surface area (TPSA) is 83.9 Å². The summed E-state index contributed by atoms with van der Waals surface area (Å²) >= 11 is 0. The van der Waals surface area contributed by atoms with E-state index in [0.29, 0.717) is 6.07 Å². The second kappa shape index (κ2) is 4.25. The van der Waals surface area contributed by atoms with Gasteiger partial charge in [0.25, 0.3) is 5.91 Å². The quantitative estimate of drug-likeness (QED) is 0.797. The highest BCUT2D eigenvalue weighted by molar-refractivity contribution is 6.03. The maximum absolute atomic E-state index is 12.5. The molecule has 1 rings (SSSR count). The molecule has 4 nitrogen and oxygen atoms in total. The van der Waals surface area contributed by atoms with Crippen molar-refractivity contribution < 1.29 is 22.8 Å². The van der Waals surface area contributed by atoms with E-state index in [2.05, 4.69) is 0 Å². The minimum Gasteiger partial charge on any atom is -0.366 e. The lowest BCUT2D eigenvalue weighted by molar-refractivity contribution is -0.137. The van der Waals surface area contributed by atoms with Crippen molar-refractivity contribution in [1.29, 1.82) is 5.26 Å². The molecular formula is C10H5F3N2O2. The zero-order chi connectivity index (χ0) is 13.2. The molecule has 0 radical (unpaired) electrons. The molecule has 0 aliphatic heterocycles. The van der Waals surface area contributed by atoms with Crippen LogP contribution in [-0.4, -0.2) is 12.2 Å². The van der Waals surface area contributed by atoms with Crippen molar-refractivity contribution in [1.82, 2.24) is 0 Å². The Kier molecular flexibility index (Phi) is 3.18. The molecular weight excluding hydrogens is 237 g/mol. The van der Waals surface area contributed by atoms with Crippen molar-refractivity contribution >= 4 is 12.2 Å². The number of carbonyl (C=O) groups is 2. The Morgan fingerprint density at radius 1 is 1.41 bits per heavy atom. The molecule has 1 amide bonds. The first-order valence-corrected chi connectivity index (χ1v) is 4.22. The van der Waals surface area contributed by atoms with Crippen LogP contribution in [0.2, 0.25) is 0 Å². The van der Waals surface area contributed by atoms with Gasteiger partial charge in [-0.05, 0) is 6.07 Å². The standard InChI is InChI=1S/C10H5F3N2O2/c11-10(12,13)7-2-1-5(4-16)8(9(15)17)6(7)3-14/h1-2,4H,(H2,15,17). The van der Waals surface area contributed by atoms with Crippen LogP contribution in [0.4, 0.5) is 13.2 Å². The van der Waals surface area contributed by atoms with Crippen LogP contribution in [0.3, 0.4) is 0 Å². The first-order valence-electron chi connectivity index (χ1n) is 4.22. The van der Waals surface area contributed by atoms with E-state index in [-0.39, 0.29) is 11.8 Å². The van der Waals surface area contributed by atoms with Gasteiger partial charge in [-0.2, -0.15) is 18.4 Å². The average molecular weight is 242 g/mol. The smallest absolute Gasteiger partial charge is 0.366 e. The van der Waals surface area contributed by atoms with E-state index >= 15 is 0 Å². The second-order valence-corrected chi connectivity index (χ2v) is 3.04. The number of hydrogen-bond donors (Lipinski definition) is 1. The molecule has 1 aromatic rings. The molecule has 0 aliphatic carbocycles. The number of carbonyl (C=O) groups excluding carboxylic acids is 2. The molecule has 0 saturated carbocycles. The van der Waals surface area contributed by atoms with Gasteiger partial charge < -0.3 is 5.73 Å². The summed E-state index contributed by atoms with van der Waals surface area (Å²) in [5, 5.41) is 8.66.